The number of fused-ring (bicyclic) bond motifs is 1. The van der Waals surface area contributed by atoms with Crippen LogP contribution in [0.4, 0.5) is 0 Å². The van der Waals surface area contributed by atoms with Gasteiger partial charge in [-0.25, -0.2) is 4.98 Å². The summed E-state index contributed by atoms with van der Waals surface area (Å²) in [5.41, 5.74) is -0.00124. The summed E-state index contributed by atoms with van der Waals surface area (Å²) in [6.07, 6.45) is 3.98. The van der Waals surface area contributed by atoms with Crippen molar-refractivity contribution in [2.24, 2.45) is 0 Å². The van der Waals surface area contributed by atoms with Crippen molar-refractivity contribution in [1.82, 2.24) is 14.7 Å². The van der Waals surface area contributed by atoms with Crippen molar-refractivity contribution in [2.45, 2.75) is 39.2 Å². The molecule has 0 aliphatic rings. The first-order chi connectivity index (χ1) is 10.4. The minimum Gasteiger partial charge on any atom is -0.388 e. The van der Waals surface area contributed by atoms with E-state index < -0.39 is 17.1 Å². The molecule has 0 atom stereocenters. The molecule has 0 saturated carbocycles. The van der Waals surface area contributed by atoms with Crippen LogP contribution in [-0.2, 0) is 0 Å². The molecule has 6 nitrogen and oxygen atoms in total. The highest BCUT2D eigenvalue weighted by molar-refractivity contribution is 5.93. The van der Waals surface area contributed by atoms with Gasteiger partial charge in [0.1, 0.15) is 11.2 Å². The maximum absolute atomic E-state index is 12.4. The van der Waals surface area contributed by atoms with E-state index in [-0.39, 0.29) is 12.1 Å². The Morgan fingerprint density at radius 3 is 2.68 bits per heavy atom. The molecule has 0 aliphatic carbocycles. The Labute approximate surface area is 128 Å². The van der Waals surface area contributed by atoms with Gasteiger partial charge in [0.15, 0.2) is 0 Å². The van der Waals surface area contributed by atoms with Gasteiger partial charge in [-0.15, -0.1) is 0 Å². The normalized spacial score (nSPS) is 11.6. The molecule has 22 heavy (non-hydrogen) atoms. The van der Waals surface area contributed by atoms with E-state index in [4.69, 9.17) is 0 Å². The first-order valence-electron chi connectivity index (χ1n) is 7.39. The zero-order valence-electron chi connectivity index (χ0n) is 13.1. The highest BCUT2D eigenvalue weighted by Gasteiger charge is 2.24. The number of aromatic nitrogens is 2. The number of carbonyl (C=O) groups is 1. The summed E-state index contributed by atoms with van der Waals surface area (Å²) in [6.45, 7) is 5.67. The number of pyridine rings is 1. The molecule has 0 unspecified atom stereocenters. The average molecular weight is 303 g/mol. The van der Waals surface area contributed by atoms with Gasteiger partial charge in [-0.3, -0.25) is 14.0 Å². The Bertz CT molecular complexity index is 748. The van der Waals surface area contributed by atoms with Gasteiger partial charge in [0, 0.05) is 18.9 Å². The van der Waals surface area contributed by atoms with Crippen LogP contribution in [-0.4, -0.2) is 32.5 Å². The fourth-order valence-electron chi connectivity index (χ4n) is 2.18. The topological polar surface area (TPSA) is 83.7 Å². The molecule has 0 spiro atoms. The second-order valence-electron chi connectivity index (χ2n) is 5.53. The van der Waals surface area contributed by atoms with Gasteiger partial charge in [-0.2, -0.15) is 0 Å². The highest BCUT2D eigenvalue weighted by atomic mass is 16.3. The number of carbonyl (C=O) groups excluding carboxylic acids is 1. The van der Waals surface area contributed by atoms with Gasteiger partial charge in [-0.05, 0) is 31.4 Å². The summed E-state index contributed by atoms with van der Waals surface area (Å²) in [6, 6.07) is 3.58. The third kappa shape index (κ3) is 3.17. The zero-order valence-corrected chi connectivity index (χ0v) is 13.1. The molecule has 2 heterocycles. The van der Waals surface area contributed by atoms with Crippen molar-refractivity contribution < 1.29 is 9.90 Å². The Hall–Kier alpha value is -2.21. The lowest BCUT2D eigenvalue weighted by molar-refractivity contribution is 0.0313. The lowest BCUT2D eigenvalue weighted by atomic mass is 9.97. The molecule has 1 amide bonds. The molecule has 0 radical (unpaired) electrons. The quantitative estimate of drug-likeness (QED) is 0.871. The number of nitrogens with zero attached hydrogens (tertiary/aromatic N) is 2. The van der Waals surface area contributed by atoms with E-state index in [9.17, 15) is 14.7 Å². The van der Waals surface area contributed by atoms with Gasteiger partial charge in [0.05, 0.1) is 5.60 Å². The summed E-state index contributed by atoms with van der Waals surface area (Å²) >= 11 is 0. The summed E-state index contributed by atoms with van der Waals surface area (Å²) < 4.78 is 1.36. The standard InChI is InChI=1S/C16H21N3O3/c1-4-16(22,5-2)10-18-14(20)12-8-17-13-7-6-11(3)9-19(13)15(12)21/h6-9,22H,4-5,10H2,1-3H3,(H,18,20). The number of nitrogens with one attached hydrogen (secondary N) is 1. The van der Waals surface area contributed by atoms with Crippen LogP contribution in [0.15, 0.2) is 29.3 Å². The molecule has 6 heteroatoms. The smallest absolute Gasteiger partial charge is 0.270 e. The third-order valence-electron chi connectivity index (χ3n) is 3.99. The van der Waals surface area contributed by atoms with Crippen LogP contribution in [0, 0.1) is 6.92 Å². The van der Waals surface area contributed by atoms with E-state index in [2.05, 4.69) is 10.3 Å². The molecule has 0 fully saturated rings. The van der Waals surface area contributed by atoms with Crippen LogP contribution in [0.5, 0.6) is 0 Å². The zero-order chi connectivity index (χ0) is 16.3. The van der Waals surface area contributed by atoms with Crippen LogP contribution < -0.4 is 10.9 Å². The maximum Gasteiger partial charge on any atom is 0.270 e. The first kappa shape index (κ1) is 16.2. The molecule has 2 N–H and O–H groups in total. The minimum absolute atomic E-state index is 0.0299. The number of rotatable bonds is 5. The van der Waals surface area contributed by atoms with Crippen molar-refractivity contribution in [3.05, 3.63) is 46.0 Å². The number of aryl methyl sites for hydroxylation is 1. The molecule has 2 aromatic heterocycles. The Kier molecular flexibility index (Phi) is 4.61. The molecule has 0 bridgehead atoms. The van der Waals surface area contributed by atoms with E-state index in [0.717, 1.165) is 5.56 Å². The van der Waals surface area contributed by atoms with Crippen LogP contribution >= 0.6 is 0 Å². The molecule has 2 rings (SSSR count). The van der Waals surface area contributed by atoms with Gasteiger partial charge >= 0.3 is 0 Å². The fraction of sp³-hybridized carbons (Fsp3) is 0.438. The van der Waals surface area contributed by atoms with E-state index in [1.807, 2.05) is 26.8 Å². The second-order valence-corrected chi connectivity index (χ2v) is 5.53. The number of hydrogen-bond donors (Lipinski definition) is 2. The first-order valence-corrected chi connectivity index (χ1v) is 7.39. The lowest BCUT2D eigenvalue weighted by Crippen LogP contribution is -2.43. The van der Waals surface area contributed by atoms with Crippen LogP contribution in [0.3, 0.4) is 0 Å². The predicted molar refractivity (Wildman–Crippen MR) is 84.1 cm³/mol. The summed E-state index contributed by atoms with van der Waals surface area (Å²) in [4.78, 5) is 28.7. The summed E-state index contributed by atoms with van der Waals surface area (Å²) in [7, 11) is 0. The fourth-order valence-corrected chi connectivity index (χ4v) is 2.18. The van der Waals surface area contributed by atoms with Crippen molar-refractivity contribution >= 4 is 11.6 Å². The molecular formula is C16H21N3O3. The Balaban J connectivity index is 2.29. The van der Waals surface area contributed by atoms with E-state index in [0.29, 0.717) is 18.5 Å². The SMILES string of the molecule is CCC(O)(CC)CNC(=O)c1cnc2ccc(C)cn2c1=O. The molecular weight excluding hydrogens is 282 g/mol. The van der Waals surface area contributed by atoms with Gasteiger partial charge in [0.2, 0.25) is 0 Å². The van der Waals surface area contributed by atoms with Crippen LogP contribution in [0.2, 0.25) is 0 Å². The molecule has 118 valence electrons. The second kappa shape index (κ2) is 6.27. The number of hydrogen-bond acceptors (Lipinski definition) is 4. The highest BCUT2D eigenvalue weighted by Crippen LogP contribution is 2.13. The van der Waals surface area contributed by atoms with Crippen LogP contribution in [0.1, 0.15) is 42.6 Å². The van der Waals surface area contributed by atoms with Crippen molar-refractivity contribution in [1.29, 1.82) is 0 Å². The van der Waals surface area contributed by atoms with Crippen molar-refractivity contribution in [3.63, 3.8) is 0 Å². The van der Waals surface area contributed by atoms with Gasteiger partial charge in [-0.1, -0.05) is 19.9 Å². The summed E-state index contributed by atoms with van der Waals surface area (Å²) in [5.74, 6) is -0.520. The summed E-state index contributed by atoms with van der Waals surface area (Å²) in [5, 5.41) is 12.8. The maximum atomic E-state index is 12.4. The number of aliphatic hydroxyl groups is 1. The van der Waals surface area contributed by atoms with E-state index in [1.54, 1.807) is 12.3 Å². The monoisotopic (exact) mass is 303 g/mol. The minimum atomic E-state index is -0.952. The predicted octanol–water partition coefficient (Wildman–Crippen LogP) is 1.28. The largest absolute Gasteiger partial charge is 0.388 e. The van der Waals surface area contributed by atoms with Crippen LogP contribution in [0.25, 0.3) is 5.65 Å². The average Bonchev–Trinajstić information content (AvgIpc) is 2.53. The molecule has 0 aliphatic heterocycles. The molecule has 2 aromatic rings. The third-order valence-corrected chi connectivity index (χ3v) is 3.99. The van der Waals surface area contributed by atoms with E-state index in [1.165, 1.54) is 10.6 Å². The van der Waals surface area contributed by atoms with Gasteiger partial charge < -0.3 is 10.4 Å². The molecule has 0 aromatic carbocycles. The van der Waals surface area contributed by atoms with Crippen molar-refractivity contribution in [2.75, 3.05) is 6.54 Å². The Morgan fingerprint density at radius 1 is 1.36 bits per heavy atom. The number of amides is 1. The Morgan fingerprint density at radius 2 is 2.05 bits per heavy atom. The lowest BCUT2D eigenvalue weighted by Gasteiger charge is -2.25. The van der Waals surface area contributed by atoms with Gasteiger partial charge in [0.25, 0.3) is 11.5 Å². The van der Waals surface area contributed by atoms with E-state index >= 15 is 0 Å². The van der Waals surface area contributed by atoms with Crippen molar-refractivity contribution in [3.8, 4) is 0 Å². The molecule has 0 saturated heterocycles.